The highest BCUT2D eigenvalue weighted by atomic mass is 32.2. The third-order valence-electron chi connectivity index (χ3n) is 2.69. The molecule has 0 aromatic carbocycles. The van der Waals surface area contributed by atoms with Crippen molar-refractivity contribution in [3.63, 3.8) is 0 Å². The fourth-order valence-electron chi connectivity index (χ4n) is 0.958. The first-order valence-corrected chi connectivity index (χ1v) is 8.26. The van der Waals surface area contributed by atoms with Crippen LogP contribution in [0, 0.1) is 0 Å². The van der Waals surface area contributed by atoms with Crippen LogP contribution >= 0.6 is 23.5 Å². The van der Waals surface area contributed by atoms with Crippen LogP contribution in [-0.4, -0.2) is 48.1 Å². The van der Waals surface area contributed by atoms with Gasteiger partial charge in [-0.25, -0.2) is 0 Å². The lowest BCUT2D eigenvalue weighted by Crippen LogP contribution is -2.46. The van der Waals surface area contributed by atoms with Crippen LogP contribution in [0.25, 0.3) is 0 Å². The lowest BCUT2D eigenvalue weighted by Gasteiger charge is -2.26. The molecule has 0 saturated heterocycles. The minimum atomic E-state index is 0.229. The maximum atomic E-state index is 4.24. The molecule has 0 saturated carbocycles. The summed E-state index contributed by atoms with van der Waals surface area (Å²) < 4.78 is 0.458. The maximum Gasteiger partial charge on any atom is 0.191 e. The minimum absolute atomic E-state index is 0.229. The van der Waals surface area contributed by atoms with Gasteiger partial charge in [0.15, 0.2) is 5.96 Å². The van der Waals surface area contributed by atoms with Crippen LogP contribution < -0.4 is 10.6 Å². The SMILES string of the molecule is CN=C(NCC(C)(C)SC)NCC(C)(C)SC. The zero-order chi connectivity index (χ0) is 13.5. The molecule has 0 spiro atoms. The molecule has 0 radical (unpaired) electrons. The molecule has 17 heavy (non-hydrogen) atoms. The Morgan fingerprint density at radius 1 is 0.941 bits per heavy atom. The average Bonchev–Trinajstić information content (AvgIpc) is 2.29. The third-order valence-corrected chi connectivity index (χ3v) is 5.19. The van der Waals surface area contributed by atoms with Crippen LogP contribution in [0.2, 0.25) is 0 Å². The lowest BCUT2D eigenvalue weighted by molar-refractivity contribution is 0.638. The second-order valence-corrected chi connectivity index (χ2v) is 8.23. The molecule has 0 fully saturated rings. The summed E-state index contributed by atoms with van der Waals surface area (Å²) in [4.78, 5) is 4.24. The van der Waals surface area contributed by atoms with Crippen LogP contribution in [0.3, 0.4) is 0 Å². The molecule has 0 aliphatic carbocycles. The zero-order valence-corrected chi connectivity index (χ0v) is 13.8. The Bertz CT molecular complexity index is 228. The molecule has 0 heterocycles. The Kier molecular flexibility index (Phi) is 7.40. The summed E-state index contributed by atoms with van der Waals surface area (Å²) in [6.07, 6.45) is 4.27. The standard InChI is InChI=1S/C12H27N3S2/c1-11(2,16-6)8-14-10(13-5)15-9-12(3,4)17-7/h8-9H2,1-7H3,(H2,13,14,15). The Morgan fingerprint density at radius 2 is 1.29 bits per heavy atom. The first kappa shape index (κ1) is 17.0. The van der Waals surface area contributed by atoms with Crippen LogP contribution in [-0.2, 0) is 0 Å². The normalized spacial score (nSPS) is 12.2. The van der Waals surface area contributed by atoms with E-state index in [4.69, 9.17) is 0 Å². The molecule has 0 amide bonds. The first-order valence-electron chi connectivity index (χ1n) is 5.81. The van der Waals surface area contributed by atoms with E-state index in [1.165, 1.54) is 0 Å². The molecule has 3 nitrogen and oxygen atoms in total. The van der Waals surface area contributed by atoms with Crippen molar-refractivity contribution in [1.29, 1.82) is 0 Å². The second kappa shape index (κ2) is 7.41. The van der Waals surface area contributed by atoms with Gasteiger partial charge in [0.25, 0.3) is 0 Å². The Labute approximate surface area is 115 Å². The Balaban J connectivity index is 4.12. The van der Waals surface area contributed by atoms with Gasteiger partial charge in [-0.1, -0.05) is 0 Å². The predicted octanol–water partition coefficient (Wildman–Crippen LogP) is 2.43. The molecule has 0 bridgehead atoms. The van der Waals surface area contributed by atoms with Gasteiger partial charge >= 0.3 is 0 Å². The van der Waals surface area contributed by atoms with Crippen molar-refractivity contribution in [2.24, 2.45) is 4.99 Å². The van der Waals surface area contributed by atoms with Crippen LogP contribution in [0.4, 0.5) is 0 Å². The maximum absolute atomic E-state index is 4.24. The monoisotopic (exact) mass is 277 g/mol. The molecule has 0 aromatic heterocycles. The van der Waals surface area contributed by atoms with Crippen molar-refractivity contribution < 1.29 is 0 Å². The fraction of sp³-hybridized carbons (Fsp3) is 0.917. The average molecular weight is 278 g/mol. The molecule has 0 aliphatic heterocycles. The van der Waals surface area contributed by atoms with E-state index in [0.29, 0.717) is 0 Å². The van der Waals surface area contributed by atoms with E-state index in [2.05, 4.69) is 55.8 Å². The Morgan fingerprint density at radius 3 is 1.53 bits per heavy atom. The largest absolute Gasteiger partial charge is 0.355 e. The number of nitrogens with one attached hydrogen (secondary N) is 2. The highest BCUT2D eigenvalue weighted by Crippen LogP contribution is 2.20. The van der Waals surface area contributed by atoms with E-state index in [0.717, 1.165) is 19.0 Å². The molecule has 0 aromatic rings. The van der Waals surface area contributed by atoms with Gasteiger partial charge in [-0.05, 0) is 40.2 Å². The van der Waals surface area contributed by atoms with Crippen molar-refractivity contribution in [3.8, 4) is 0 Å². The molecule has 2 N–H and O–H groups in total. The molecular weight excluding hydrogens is 250 g/mol. The van der Waals surface area contributed by atoms with E-state index in [1.54, 1.807) is 0 Å². The summed E-state index contributed by atoms with van der Waals surface area (Å²) in [5.74, 6) is 0.884. The highest BCUT2D eigenvalue weighted by Gasteiger charge is 2.18. The van der Waals surface area contributed by atoms with Crippen LogP contribution in [0.15, 0.2) is 4.99 Å². The van der Waals surface area contributed by atoms with Crippen molar-refractivity contribution in [2.45, 2.75) is 37.2 Å². The number of hydrogen-bond acceptors (Lipinski definition) is 3. The van der Waals surface area contributed by atoms with Crippen molar-refractivity contribution in [1.82, 2.24) is 10.6 Å². The quantitative estimate of drug-likeness (QED) is 0.577. The van der Waals surface area contributed by atoms with Gasteiger partial charge in [0, 0.05) is 29.6 Å². The van der Waals surface area contributed by atoms with Crippen LogP contribution in [0.1, 0.15) is 27.7 Å². The van der Waals surface area contributed by atoms with E-state index in [1.807, 2.05) is 30.6 Å². The number of aliphatic imine (C=N–C) groups is 1. The lowest BCUT2D eigenvalue weighted by atomic mass is 10.2. The van der Waals surface area contributed by atoms with Gasteiger partial charge in [-0.15, -0.1) is 0 Å². The summed E-state index contributed by atoms with van der Waals surface area (Å²) in [7, 11) is 1.81. The fourth-order valence-corrected chi connectivity index (χ4v) is 1.39. The minimum Gasteiger partial charge on any atom is -0.355 e. The number of thioether (sulfide) groups is 2. The van der Waals surface area contributed by atoms with E-state index >= 15 is 0 Å². The summed E-state index contributed by atoms with van der Waals surface area (Å²) in [6, 6.07) is 0. The van der Waals surface area contributed by atoms with Gasteiger partial charge in [0.1, 0.15) is 0 Å². The third kappa shape index (κ3) is 7.82. The molecule has 5 heteroatoms. The van der Waals surface area contributed by atoms with Crippen molar-refractivity contribution in [2.75, 3.05) is 32.6 Å². The molecule has 0 rings (SSSR count). The molecule has 0 aliphatic rings. The van der Waals surface area contributed by atoms with Crippen LogP contribution in [0.5, 0.6) is 0 Å². The summed E-state index contributed by atoms with van der Waals surface area (Å²) in [5, 5.41) is 6.73. The van der Waals surface area contributed by atoms with Gasteiger partial charge in [0.2, 0.25) is 0 Å². The Hall–Kier alpha value is -0.0300. The topological polar surface area (TPSA) is 36.4 Å². The smallest absolute Gasteiger partial charge is 0.191 e. The summed E-state index contributed by atoms with van der Waals surface area (Å²) >= 11 is 3.72. The van der Waals surface area contributed by atoms with E-state index < -0.39 is 0 Å². The molecule has 0 atom stereocenters. The summed E-state index contributed by atoms with van der Waals surface area (Å²) in [6.45, 7) is 10.7. The van der Waals surface area contributed by atoms with Gasteiger partial charge in [0.05, 0.1) is 0 Å². The first-order chi connectivity index (χ1) is 7.76. The number of guanidine groups is 1. The predicted molar refractivity (Wildman–Crippen MR) is 84.6 cm³/mol. The number of hydrogen-bond donors (Lipinski definition) is 2. The number of rotatable bonds is 6. The van der Waals surface area contributed by atoms with Crippen molar-refractivity contribution in [3.05, 3.63) is 0 Å². The van der Waals surface area contributed by atoms with Gasteiger partial charge in [-0.2, -0.15) is 23.5 Å². The van der Waals surface area contributed by atoms with Gasteiger partial charge in [-0.3, -0.25) is 4.99 Å². The van der Waals surface area contributed by atoms with E-state index in [-0.39, 0.29) is 9.49 Å². The highest BCUT2D eigenvalue weighted by molar-refractivity contribution is 8.00. The van der Waals surface area contributed by atoms with Crippen molar-refractivity contribution >= 4 is 29.5 Å². The van der Waals surface area contributed by atoms with E-state index in [9.17, 15) is 0 Å². The molecule has 0 unspecified atom stereocenters. The second-order valence-electron chi connectivity index (χ2n) is 5.21. The zero-order valence-electron chi connectivity index (χ0n) is 12.2. The molecule has 102 valence electrons. The summed E-state index contributed by atoms with van der Waals surface area (Å²) in [5.41, 5.74) is 0. The molecular formula is C12H27N3S2. The number of nitrogens with zero attached hydrogens (tertiary/aromatic N) is 1. The van der Waals surface area contributed by atoms with Gasteiger partial charge < -0.3 is 10.6 Å².